The molecule has 1 atom stereocenters. The quantitative estimate of drug-likeness (QED) is 0.779. The van der Waals surface area contributed by atoms with Crippen LogP contribution in [0.2, 0.25) is 0 Å². The average Bonchev–Trinajstić information content (AvgIpc) is 2.57. The lowest BCUT2D eigenvalue weighted by atomic mass is 9.99. The Hall–Kier alpha value is -1.09. The Balaban J connectivity index is 2.41. The molecular weight excluding hydrogens is 183 g/mol. The van der Waals surface area contributed by atoms with Gasteiger partial charge in [-0.15, -0.1) is 0 Å². The SMILES string of the molecule is CC(O)Cc1c(F)ccc2c1CCO2. The normalized spacial score (nSPS) is 16.2. The molecule has 1 unspecified atom stereocenters. The van der Waals surface area contributed by atoms with Crippen molar-refractivity contribution in [3.63, 3.8) is 0 Å². The van der Waals surface area contributed by atoms with E-state index in [0.717, 1.165) is 17.7 Å². The largest absolute Gasteiger partial charge is 0.493 e. The molecule has 76 valence electrons. The van der Waals surface area contributed by atoms with Crippen molar-refractivity contribution < 1.29 is 14.2 Å². The van der Waals surface area contributed by atoms with E-state index >= 15 is 0 Å². The molecule has 1 N–H and O–H groups in total. The van der Waals surface area contributed by atoms with Crippen LogP contribution in [0.5, 0.6) is 5.75 Å². The first-order chi connectivity index (χ1) is 6.68. The summed E-state index contributed by atoms with van der Waals surface area (Å²) in [5, 5.41) is 9.25. The van der Waals surface area contributed by atoms with Gasteiger partial charge in [-0.3, -0.25) is 0 Å². The molecule has 0 amide bonds. The number of hydrogen-bond donors (Lipinski definition) is 1. The van der Waals surface area contributed by atoms with Crippen LogP contribution in [0.3, 0.4) is 0 Å². The van der Waals surface area contributed by atoms with E-state index in [1.165, 1.54) is 6.07 Å². The number of halogens is 1. The zero-order chi connectivity index (χ0) is 10.1. The molecule has 0 aromatic heterocycles. The third-order valence-corrected chi connectivity index (χ3v) is 2.44. The number of hydrogen-bond acceptors (Lipinski definition) is 2. The van der Waals surface area contributed by atoms with Crippen molar-refractivity contribution in [1.29, 1.82) is 0 Å². The lowest BCUT2D eigenvalue weighted by Gasteiger charge is -2.09. The minimum Gasteiger partial charge on any atom is -0.493 e. The van der Waals surface area contributed by atoms with Crippen LogP contribution in [0.25, 0.3) is 0 Å². The highest BCUT2D eigenvalue weighted by Gasteiger charge is 2.19. The highest BCUT2D eigenvalue weighted by Crippen LogP contribution is 2.30. The van der Waals surface area contributed by atoms with Crippen LogP contribution >= 0.6 is 0 Å². The first-order valence-corrected chi connectivity index (χ1v) is 4.79. The molecule has 0 radical (unpaired) electrons. The summed E-state index contributed by atoms with van der Waals surface area (Å²) in [6.45, 7) is 2.28. The molecule has 0 saturated carbocycles. The highest BCUT2D eigenvalue weighted by molar-refractivity contribution is 5.43. The second-order valence-corrected chi connectivity index (χ2v) is 3.65. The number of aliphatic hydroxyl groups is 1. The summed E-state index contributed by atoms with van der Waals surface area (Å²) in [6, 6.07) is 3.06. The fraction of sp³-hybridized carbons (Fsp3) is 0.455. The molecule has 1 aliphatic heterocycles. The van der Waals surface area contributed by atoms with Crippen molar-refractivity contribution in [3.05, 3.63) is 29.1 Å². The Labute approximate surface area is 82.3 Å². The van der Waals surface area contributed by atoms with Gasteiger partial charge in [-0.05, 0) is 24.6 Å². The predicted molar refractivity (Wildman–Crippen MR) is 51.0 cm³/mol. The van der Waals surface area contributed by atoms with Gasteiger partial charge in [0.1, 0.15) is 11.6 Å². The van der Waals surface area contributed by atoms with Crippen LogP contribution in [0.15, 0.2) is 12.1 Å². The summed E-state index contributed by atoms with van der Waals surface area (Å²) in [7, 11) is 0. The Morgan fingerprint density at radius 3 is 3.07 bits per heavy atom. The Kier molecular flexibility index (Phi) is 2.42. The van der Waals surface area contributed by atoms with Crippen LogP contribution in [0.1, 0.15) is 18.1 Å². The minimum absolute atomic E-state index is 0.241. The number of benzene rings is 1. The van der Waals surface area contributed by atoms with Crippen LogP contribution < -0.4 is 4.74 Å². The molecule has 2 nitrogen and oxygen atoms in total. The third-order valence-electron chi connectivity index (χ3n) is 2.44. The Morgan fingerprint density at radius 2 is 2.36 bits per heavy atom. The topological polar surface area (TPSA) is 29.5 Å². The van der Waals surface area contributed by atoms with E-state index in [-0.39, 0.29) is 5.82 Å². The lowest BCUT2D eigenvalue weighted by molar-refractivity contribution is 0.194. The smallest absolute Gasteiger partial charge is 0.127 e. The van der Waals surface area contributed by atoms with Gasteiger partial charge in [-0.1, -0.05) is 0 Å². The molecule has 2 rings (SSSR count). The third kappa shape index (κ3) is 1.60. The van der Waals surface area contributed by atoms with E-state index in [1.807, 2.05) is 0 Å². The van der Waals surface area contributed by atoms with Crippen LogP contribution in [0, 0.1) is 5.82 Å². The van der Waals surface area contributed by atoms with Gasteiger partial charge in [0, 0.05) is 18.4 Å². The second-order valence-electron chi connectivity index (χ2n) is 3.65. The van der Waals surface area contributed by atoms with Crippen LogP contribution in [0.4, 0.5) is 4.39 Å². The van der Waals surface area contributed by atoms with Crippen molar-refractivity contribution in [1.82, 2.24) is 0 Å². The van der Waals surface area contributed by atoms with E-state index in [9.17, 15) is 9.50 Å². The predicted octanol–water partition coefficient (Wildman–Crippen LogP) is 1.68. The van der Waals surface area contributed by atoms with Gasteiger partial charge < -0.3 is 9.84 Å². The molecule has 0 bridgehead atoms. The van der Waals surface area contributed by atoms with E-state index in [2.05, 4.69) is 0 Å². The van der Waals surface area contributed by atoms with Crippen molar-refractivity contribution >= 4 is 0 Å². The molecule has 0 fully saturated rings. The maximum atomic E-state index is 13.4. The molecule has 3 heteroatoms. The first-order valence-electron chi connectivity index (χ1n) is 4.79. The average molecular weight is 196 g/mol. The number of rotatable bonds is 2. The molecule has 0 saturated heterocycles. The van der Waals surface area contributed by atoms with Gasteiger partial charge >= 0.3 is 0 Å². The number of ether oxygens (including phenoxy) is 1. The first kappa shape index (κ1) is 9.46. The van der Waals surface area contributed by atoms with Gasteiger partial charge in [-0.2, -0.15) is 0 Å². The minimum atomic E-state index is -0.517. The molecule has 1 aliphatic rings. The molecule has 0 spiro atoms. The summed E-state index contributed by atoms with van der Waals surface area (Å²) in [6.07, 6.45) is 0.588. The monoisotopic (exact) mass is 196 g/mol. The van der Waals surface area contributed by atoms with Gasteiger partial charge in [0.2, 0.25) is 0 Å². The van der Waals surface area contributed by atoms with Gasteiger partial charge in [-0.25, -0.2) is 4.39 Å². The van der Waals surface area contributed by atoms with E-state index in [1.54, 1.807) is 13.0 Å². The highest BCUT2D eigenvalue weighted by atomic mass is 19.1. The van der Waals surface area contributed by atoms with Crippen molar-refractivity contribution in [2.24, 2.45) is 0 Å². The lowest BCUT2D eigenvalue weighted by Crippen LogP contribution is -2.08. The Bertz CT molecular complexity index is 347. The summed E-state index contributed by atoms with van der Waals surface area (Å²) >= 11 is 0. The van der Waals surface area contributed by atoms with Gasteiger partial charge in [0.15, 0.2) is 0 Å². The zero-order valence-corrected chi connectivity index (χ0v) is 8.09. The van der Waals surface area contributed by atoms with E-state index < -0.39 is 6.10 Å². The van der Waals surface area contributed by atoms with Gasteiger partial charge in [0.05, 0.1) is 12.7 Å². The molecular formula is C11H13FO2. The maximum absolute atomic E-state index is 13.4. The molecule has 1 aromatic rings. The summed E-state index contributed by atoms with van der Waals surface area (Å²) < 4.78 is 18.8. The molecule has 1 heterocycles. The molecule has 0 aliphatic carbocycles. The van der Waals surface area contributed by atoms with Crippen molar-refractivity contribution in [2.75, 3.05) is 6.61 Å². The Morgan fingerprint density at radius 1 is 1.57 bits per heavy atom. The fourth-order valence-electron chi connectivity index (χ4n) is 1.83. The van der Waals surface area contributed by atoms with Crippen molar-refractivity contribution in [3.8, 4) is 5.75 Å². The summed E-state index contributed by atoms with van der Waals surface area (Å²) in [4.78, 5) is 0. The van der Waals surface area contributed by atoms with Crippen molar-refractivity contribution in [2.45, 2.75) is 25.9 Å². The van der Waals surface area contributed by atoms with Gasteiger partial charge in [0.25, 0.3) is 0 Å². The second kappa shape index (κ2) is 3.58. The number of aliphatic hydroxyl groups excluding tert-OH is 1. The maximum Gasteiger partial charge on any atom is 0.127 e. The van der Waals surface area contributed by atoms with E-state index in [4.69, 9.17) is 4.74 Å². The van der Waals surface area contributed by atoms with Crippen LogP contribution in [-0.4, -0.2) is 17.8 Å². The summed E-state index contributed by atoms with van der Waals surface area (Å²) in [5.74, 6) is 0.525. The standard InChI is InChI=1S/C11H13FO2/c1-7(13)6-9-8-4-5-14-11(8)3-2-10(9)12/h2-3,7,13H,4-6H2,1H3. The number of fused-ring (bicyclic) bond motifs is 1. The van der Waals surface area contributed by atoms with E-state index in [0.29, 0.717) is 18.6 Å². The van der Waals surface area contributed by atoms with Crippen LogP contribution in [-0.2, 0) is 12.8 Å². The zero-order valence-electron chi connectivity index (χ0n) is 8.09. The molecule has 14 heavy (non-hydrogen) atoms. The summed E-state index contributed by atoms with van der Waals surface area (Å²) in [5.41, 5.74) is 1.53. The molecule has 1 aromatic carbocycles. The fourth-order valence-corrected chi connectivity index (χ4v) is 1.83.